The van der Waals surface area contributed by atoms with Crippen molar-refractivity contribution in [1.29, 1.82) is 0 Å². The first-order chi connectivity index (χ1) is 9.22. The van der Waals surface area contributed by atoms with Gasteiger partial charge in [0.05, 0.1) is 10.5 Å². The van der Waals surface area contributed by atoms with Crippen LogP contribution in [0.1, 0.15) is 26.5 Å². The second kappa shape index (κ2) is 6.71. The maximum absolute atomic E-state index is 12.3. The Balaban J connectivity index is 2.81. The lowest BCUT2D eigenvalue weighted by Crippen LogP contribution is -2.40. The normalized spacial score (nSPS) is 12.8. The van der Waals surface area contributed by atoms with Crippen molar-refractivity contribution in [2.45, 2.75) is 37.8 Å². The van der Waals surface area contributed by atoms with E-state index in [9.17, 15) is 8.42 Å². The predicted molar refractivity (Wildman–Crippen MR) is 79.1 cm³/mol. The number of rotatable bonds is 8. The second-order valence-corrected chi connectivity index (χ2v) is 7.09. The van der Waals surface area contributed by atoms with Gasteiger partial charge in [-0.15, -0.1) is 0 Å². The maximum atomic E-state index is 12.3. The van der Waals surface area contributed by atoms with Crippen molar-refractivity contribution in [1.82, 2.24) is 14.6 Å². The third-order valence-electron chi connectivity index (χ3n) is 2.97. The second-order valence-electron chi connectivity index (χ2n) is 5.33. The Morgan fingerprint density at radius 1 is 1.40 bits per heavy atom. The van der Waals surface area contributed by atoms with Crippen LogP contribution >= 0.6 is 0 Å². The average molecular weight is 303 g/mol. The Kier molecular flexibility index (Phi) is 5.76. The monoisotopic (exact) mass is 303 g/mol. The Morgan fingerprint density at radius 3 is 2.60 bits per heavy atom. The summed E-state index contributed by atoms with van der Waals surface area (Å²) in [5.74, 6) is 0. The van der Waals surface area contributed by atoms with Gasteiger partial charge >= 0.3 is 0 Å². The van der Waals surface area contributed by atoms with Crippen molar-refractivity contribution in [3.05, 3.63) is 18.0 Å². The van der Waals surface area contributed by atoms with Gasteiger partial charge in [-0.2, -0.15) is 0 Å². The van der Waals surface area contributed by atoms with E-state index in [1.807, 2.05) is 34.9 Å². The molecule has 1 aromatic heterocycles. The zero-order valence-corrected chi connectivity index (χ0v) is 13.7. The molecule has 1 rings (SSSR count). The lowest BCUT2D eigenvalue weighted by Gasteiger charge is -2.24. The van der Waals surface area contributed by atoms with Crippen LogP contribution < -0.4 is 10.0 Å². The van der Waals surface area contributed by atoms with Crippen LogP contribution in [0.3, 0.4) is 0 Å². The molecule has 0 aliphatic carbocycles. The molecule has 0 radical (unpaired) electrons. The van der Waals surface area contributed by atoms with Crippen LogP contribution in [0.15, 0.2) is 17.2 Å². The zero-order chi connectivity index (χ0) is 15.4. The highest BCUT2D eigenvalue weighted by Gasteiger charge is 2.23. The highest BCUT2D eigenvalue weighted by molar-refractivity contribution is 7.89. The fourth-order valence-electron chi connectivity index (χ4n) is 1.87. The summed E-state index contributed by atoms with van der Waals surface area (Å²) in [4.78, 5) is 0.276. The zero-order valence-electron chi connectivity index (χ0n) is 12.9. The number of ether oxygens (including phenoxy) is 1. The van der Waals surface area contributed by atoms with Gasteiger partial charge in [0.15, 0.2) is 0 Å². The summed E-state index contributed by atoms with van der Waals surface area (Å²) < 4.78 is 34.4. The lowest BCUT2D eigenvalue weighted by molar-refractivity contribution is -0.00515. The van der Waals surface area contributed by atoms with Crippen molar-refractivity contribution >= 4 is 10.0 Å². The fourth-order valence-corrected chi connectivity index (χ4v) is 3.17. The Morgan fingerprint density at radius 2 is 2.05 bits per heavy atom. The number of nitrogens with zero attached hydrogens (tertiary/aromatic N) is 1. The average Bonchev–Trinajstić information content (AvgIpc) is 2.70. The minimum atomic E-state index is -3.51. The minimum absolute atomic E-state index is 0.236. The predicted octanol–water partition coefficient (Wildman–Crippen LogP) is 0.838. The molecule has 0 aromatic carbocycles. The number of aryl methyl sites for hydroxylation is 1. The van der Waals surface area contributed by atoms with E-state index in [0.29, 0.717) is 13.2 Å². The first-order valence-corrected chi connectivity index (χ1v) is 8.13. The van der Waals surface area contributed by atoms with E-state index in [0.717, 1.165) is 5.69 Å². The van der Waals surface area contributed by atoms with E-state index < -0.39 is 15.6 Å². The van der Waals surface area contributed by atoms with E-state index >= 15 is 0 Å². The molecular formula is C13H25N3O3S. The molecule has 0 saturated carbocycles. The third-order valence-corrected chi connectivity index (χ3v) is 4.34. The number of sulfonamides is 1. The van der Waals surface area contributed by atoms with Gasteiger partial charge < -0.3 is 14.6 Å². The molecule has 0 unspecified atom stereocenters. The summed E-state index contributed by atoms with van der Waals surface area (Å²) in [6.07, 6.45) is 1.61. The first-order valence-electron chi connectivity index (χ1n) is 6.65. The van der Waals surface area contributed by atoms with Crippen LogP contribution in [0.4, 0.5) is 0 Å². The maximum Gasteiger partial charge on any atom is 0.242 e. The Bertz CT molecular complexity index is 535. The fraction of sp³-hybridized carbons (Fsp3) is 0.692. The summed E-state index contributed by atoms with van der Waals surface area (Å²) in [6.45, 7) is 7.01. The van der Waals surface area contributed by atoms with Crippen molar-refractivity contribution in [2.24, 2.45) is 7.05 Å². The molecule has 6 nitrogen and oxygen atoms in total. The summed E-state index contributed by atoms with van der Waals surface area (Å²) in [7, 11) is 0.142. The lowest BCUT2D eigenvalue weighted by atomic mass is 10.1. The molecule has 0 aliphatic heterocycles. The summed E-state index contributed by atoms with van der Waals surface area (Å²) in [6, 6.07) is 1.67. The van der Waals surface area contributed by atoms with E-state index in [-0.39, 0.29) is 11.4 Å². The van der Waals surface area contributed by atoms with Gasteiger partial charge in [0.1, 0.15) is 0 Å². The highest BCUT2D eigenvalue weighted by Crippen LogP contribution is 2.15. The molecule has 2 N–H and O–H groups in total. The standard InChI is InChI=1S/C13H25N3O3S/c1-6-19-13(2,3)10-15-20(17,18)12-7-11(8-14-4)16(5)9-12/h7,9,14-15H,6,8,10H2,1-5H3. The third kappa shape index (κ3) is 4.59. The topological polar surface area (TPSA) is 72.4 Å². The number of nitrogens with one attached hydrogen (secondary N) is 2. The summed E-state index contributed by atoms with van der Waals surface area (Å²) >= 11 is 0. The molecule has 0 spiro atoms. The van der Waals surface area contributed by atoms with Crippen LogP contribution in [-0.2, 0) is 28.4 Å². The van der Waals surface area contributed by atoms with Crippen molar-refractivity contribution < 1.29 is 13.2 Å². The summed E-state index contributed by atoms with van der Waals surface area (Å²) in [5.41, 5.74) is 0.390. The molecule has 1 heterocycles. The van der Waals surface area contributed by atoms with E-state index in [1.165, 1.54) is 0 Å². The SMILES string of the molecule is CCOC(C)(C)CNS(=O)(=O)c1cc(CNC)n(C)c1. The van der Waals surface area contributed by atoms with Gasteiger partial charge in [-0.05, 0) is 33.9 Å². The van der Waals surface area contributed by atoms with Gasteiger partial charge in [0.25, 0.3) is 0 Å². The van der Waals surface area contributed by atoms with E-state index in [1.54, 1.807) is 16.8 Å². The number of aromatic nitrogens is 1. The van der Waals surface area contributed by atoms with Crippen molar-refractivity contribution in [3.63, 3.8) is 0 Å². The number of hydrogen-bond acceptors (Lipinski definition) is 4. The smallest absolute Gasteiger partial charge is 0.242 e. The molecule has 1 aromatic rings. The summed E-state index contributed by atoms with van der Waals surface area (Å²) in [5, 5.41) is 3.01. The highest BCUT2D eigenvalue weighted by atomic mass is 32.2. The molecule has 116 valence electrons. The van der Waals surface area contributed by atoms with Gasteiger partial charge in [0, 0.05) is 38.6 Å². The first kappa shape index (κ1) is 17.2. The van der Waals surface area contributed by atoms with Gasteiger partial charge in [-0.3, -0.25) is 0 Å². The molecule has 20 heavy (non-hydrogen) atoms. The van der Waals surface area contributed by atoms with Crippen molar-refractivity contribution in [3.8, 4) is 0 Å². The Hall–Kier alpha value is -0.890. The molecule has 7 heteroatoms. The van der Waals surface area contributed by atoms with Crippen LogP contribution in [0.25, 0.3) is 0 Å². The molecule has 0 amide bonds. The molecule has 0 bridgehead atoms. The van der Waals surface area contributed by atoms with Crippen LogP contribution in [-0.4, -0.2) is 38.8 Å². The van der Waals surface area contributed by atoms with Gasteiger partial charge in [-0.1, -0.05) is 0 Å². The van der Waals surface area contributed by atoms with Crippen LogP contribution in [0.5, 0.6) is 0 Å². The molecule has 0 atom stereocenters. The van der Waals surface area contributed by atoms with Gasteiger partial charge in [-0.25, -0.2) is 13.1 Å². The van der Waals surface area contributed by atoms with E-state index in [2.05, 4.69) is 10.0 Å². The Labute approximate surface area is 121 Å². The minimum Gasteiger partial charge on any atom is -0.375 e. The van der Waals surface area contributed by atoms with Crippen molar-refractivity contribution in [2.75, 3.05) is 20.2 Å². The van der Waals surface area contributed by atoms with Crippen LogP contribution in [0.2, 0.25) is 0 Å². The quantitative estimate of drug-likeness (QED) is 0.746. The number of hydrogen-bond donors (Lipinski definition) is 2. The van der Waals surface area contributed by atoms with E-state index in [4.69, 9.17) is 4.74 Å². The van der Waals surface area contributed by atoms with Gasteiger partial charge in [0.2, 0.25) is 10.0 Å². The molecule has 0 saturated heterocycles. The van der Waals surface area contributed by atoms with Crippen LogP contribution in [0, 0.1) is 0 Å². The largest absolute Gasteiger partial charge is 0.375 e. The molecule has 0 fully saturated rings. The molecular weight excluding hydrogens is 278 g/mol. The molecule has 0 aliphatic rings.